The van der Waals surface area contributed by atoms with Gasteiger partial charge in [-0.05, 0) is 6.92 Å². The van der Waals surface area contributed by atoms with Gasteiger partial charge in [-0.15, -0.1) is 0 Å². The molecule has 0 saturated heterocycles. The van der Waals surface area contributed by atoms with E-state index >= 15 is 0 Å². The third-order valence-electron chi connectivity index (χ3n) is 2.54. The molecule has 5 nitrogen and oxygen atoms in total. The number of methoxy groups -OCH3 is 1. The molecule has 0 radical (unpaired) electrons. The number of hydrogen-bond acceptors (Lipinski definition) is 4. The zero-order chi connectivity index (χ0) is 11.2. The van der Waals surface area contributed by atoms with Crippen molar-refractivity contribution in [1.29, 1.82) is 0 Å². The van der Waals surface area contributed by atoms with E-state index in [9.17, 15) is 17.6 Å². The first-order chi connectivity index (χ1) is 6.15. The average Bonchev–Trinajstić information content (AvgIpc) is 2.49. The van der Waals surface area contributed by atoms with Crippen LogP contribution in [0, 0.1) is 5.41 Å². The smallest absolute Gasteiger partial charge is 0.314 e. The van der Waals surface area contributed by atoms with Gasteiger partial charge in [-0.2, -0.15) is 8.42 Å². The molecular weight excluding hydrogens is 215 g/mol. The van der Waals surface area contributed by atoms with E-state index in [1.165, 1.54) is 6.92 Å². The van der Waals surface area contributed by atoms with E-state index in [-0.39, 0.29) is 6.42 Å². The standard InChI is InChI=1S/C7H11FO5S/c1-6(5(9)13-2)3-7(6,8)4-14(10,11)12/h3-4H2,1-2H3,(H,10,11,12)/t6-,7+/m0/s1. The number of carbonyl (C=O) groups excluding carboxylic acids is 1. The lowest BCUT2D eigenvalue weighted by molar-refractivity contribution is -0.148. The maximum atomic E-state index is 13.6. The van der Waals surface area contributed by atoms with Crippen molar-refractivity contribution in [2.45, 2.75) is 19.0 Å². The third-order valence-corrected chi connectivity index (χ3v) is 3.37. The van der Waals surface area contributed by atoms with E-state index < -0.39 is 32.9 Å². The van der Waals surface area contributed by atoms with Crippen molar-refractivity contribution < 1.29 is 26.9 Å². The van der Waals surface area contributed by atoms with Gasteiger partial charge in [0.2, 0.25) is 0 Å². The van der Waals surface area contributed by atoms with E-state index in [0.717, 1.165) is 7.11 Å². The molecular formula is C7H11FO5S. The molecule has 1 aliphatic carbocycles. The molecule has 1 rings (SSSR count). The fraction of sp³-hybridized carbons (Fsp3) is 0.857. The molecule has 0 aromatic rings. The highest BCUT2D eigenvalue weighted by molar-refractivity contribution is 7.85. The Hall–Kier alpha value is -0.690. The summed E-state index contributed by atoms with van der Waals surface area (Å²) < 4.78 is 47.3. The molecule has 0 heterocycles. The van der Waals surface area contributed by atoms with Crippen LogP contribution in [-0.4, -0.2) is 37.5 Å². The Morgan fingerprint density at radius 1 is 1.64 bits per heavy atom. The summed E-state index contributed by atoms with van der Waals surface area (Å²) in [7, 11) is -3.32. The highest BCUT2D eigenvalue weighted by Gasteiger charge is 2.72. The molecule has 0 aliphatic heterocycles. The fourth-order valence-corrected chi connectivity index (χ4v) is 2.49. The SMILES string of the molecule is COC(=O)[C@]1(C)C[C@@]1(F)CS(=O)(=O)O. The summed E-state index contributed by atoms with van der Waals surface area (Å²) in [6.07, 6.45) is -0.244. The lowest BCUT2D eigenvalue weighted by Gasteiger charge is -2.11. The Labute approximate surface area is 81.0 Å². The Balaban J connectivity index is 2.81. The average molecular weight is 226 g/mol. The van der Waals surface area contributed by atoms with E-state index in [2.05, 4.69) is 4.74 Å². The van der Waals surface area contributed by atoms with Crippen LogP contribution in [0.5, 0.6) is 0 Å². The molecule has 2 atom stereocenters. The normalized spacial score (nSPS) is 36.6. The Morgan fingerprint density at radius 2 is 2.14 bits per heavy atom. The number of rotatable bonds is 3. The zero-order valence-corrected chi connectivity index (χ0v) is 8.60. The number of alkyl halides is 1. The summed E-state index contributed by atoms with van der Waals surface area (Å²) in [5.41, 5.74) is -3.65. The fourth-order valence-electron chi connectivity index (χ4n) is 1.50. The van der Waals surface area contributed by atoms with Crippen LogP contribution in [0.15, 0.2) is 0 Å². The minimum absolute atomic E-state index is 0.244. The van der Waals surface area contributed by atoms with Gasteiger partial charge >= 0.3 is 5.97 Å². The molecule has 1 aliphatic rings. The molecule has 7 heteroatoms. The Morgan fingerprint density at radius 3 is 2.50 bits per heavy atom. The predicted octanol–water partition coefficient (Wildman–Crippen LogP) is 0.166. The van der Waals surface area contributed by atoms with Crippen LogP contribution in [0.3, 0.4) is 0 Å². The second kappa shape index (κ2) is 2.90. The van der Waals surface area contributed by atoms with Gasteiger partial charge in [-0.25, -0.2) is 4.39 Å². The monoisotopic (exact) mass is 226 g/mol. The molecule has 82 valence electrons. The summed E-state index contributed by atoms with van der Waals surface area (Å²) in [6.45, 7) is 1.27. The largest absolute Gasteiger partial charge is 0.469 e. The van der Waals surface area contributed by atoms with E-state index in [0.29, 0.717) is 0 Å². The maximum absolute atomic E-state index is 13.6. The number of hydrogen-bond donors (Lipinski definition) is 1. The maximum Gasteiger partial charge on any atom is 0.314 e. The molecule has 14 heavy (non-hydrogen) atoms. The van der Waals surface area contributed by atoms with Crippen LogP contribution in [0.1, 0.15) is 13.3 Å². The van der Waals surface area contributed by atoms with Gasteiger partial charge in [0.1, 0.15) is 16.8 Å². The van der Waals surface area contributed by atoms with Crippen LogP contribution in [-0.2, 0) is 19.6 Å². The van der Waals surface area contributed by atoms with Crippen LogP contribution in [0.4, 0.5) is 4.39 Å². The highest BCUT2D eigenvalue weighted by atomic mass is 32.2. The van der Waals surface area contributed by atoms with Gasteiger partial charge in [0.15, 0.2) is 0 Å². The van der Waals surface area contributed by atoms with Crippen molar-refractivity contribution in [2.75, 3.05) is 12.9 Å². The predicted molar refractivity (Wildman–Crippen MR) is 45.0 cm³/mol. The van der Waals surface area contributed by atoms with E-state index in [1.807, 2.05) is 0 Å². The quantitative estimate of drug-likeness (QED) is 0.548. The lowest BCUT2D eigenvalue weighted by Crippen LogP contribution is -2.29. The van der Waals surface area contributed by atoms with Gasteiger partial charge in [0.25, 0.3) is 10.1 Å². The van der Waals surface area contributed by atoms with Crippen molar-refractivity contribution in [1.82, 2.24) is 0 Å². The molecule has 0 bridgehead atoms. The minimum atomic E-state index is -4.41. The summed E-state index contributed by atoms with van der Waals surface area (Å²) in [6, 6.07) is 0. The number of carbonyl (C=O) groups is 1. The van der Waals surface area contributed by atoms with Crippen LogP contribution >= 0.6 is 0 Å². The zero-order valence-electron chi connectivity index (χ0n) is 7.78. The third kappa shape index (κ3) is 1.74. The summed E-state index contributed by atoms with van der Waals surface area (Å²) in [5, 5.41) is 0. The highest BCUT2D eigenvalue weighted by Crippen LogP contribution is 2.60. The van der Waals surface area contributed by atoms with Crippen molar-refractivity contribution in [3.8, 4) is 0 Å². The lowest BCUT2D eigenvalue weighted by atomic mass is 10.1. The summed E-state index contributed by atoms with van der Waals surface area (Å²) >= 11 is 0. The van der Waals surface area contributed by atoms with Gasteiger partial charge < -0.3 is 4.74 Å². The molecule has 0 aromatic carbocycles. The molecule has 0 amide bonds. The molecule has 0 spiro atoms. The Kier molecular flexibility index (Phi) is 2.36. The number of ether oxygens (including phenoxy) is 1. The van der Waals surface area contributed by atoms with Gasteiger partial charge in [-0.1, -0.05) is 0 Å². The molecule has 1 fully saturated rings. The summed E-state index contributed by atoms with van der Waals surface area (Å²) in [4.78, 5) is 11.1. The minimum Gasteiger partial charge on any atom is -0.469 e. The molecule has 0 unspecified atom stereocenters. The first kappa shape index (κ1) is 11.4. The van der Waals surface area contributed by atoms with Gasteiger partial charge in [0.05, 0.1) is 7.11 Å². The summed E-state index contributed by atoms with van der Waals surface area (Å²) in [5.74, 6) is -1.87. The van der Waals surface area contributed by atoms with Crippen molar-refractivity contribution in [2.24, 2.45) is 5.41 Å². The Bertz CT molecular complexity index is 364. The van der Waals surface area contributed by atoms with Gasteiger partial charge in [0, 0.05) is 6.42 Å². The number of halogens is 1. The topological polar surface area (TPSA) is 80.7 Å². The first-order valence-electron chi connectivity index (χ1n) is 3.87. The van der Waals surface area contributed by atoms with Crippen LogP contribution in [0.25, 0.3) is 0 Å². The van der Waals surface area contributed by atoms with Crippen LogP contribution in [0.2, 0.25) is 0 Å². The second-order valence-electron chi connectivity index (χ2n) is 3.69. The van der Waals surface area contributed by atoms with Crippen molar-refractivity contribution in [3.05, 3.63) is 0 Å². The molecule has 0 aromatic heterocycles. The number of esters is 1. The second-order valence-corrected chi connectivity index (χ2v) is 5.14. The van der Waals surface area contributed by atoms with Gasteiger partial charge in [-0.3, -0.25) is 9.35 Å². The molecule has 1 saturated carbocycles. The van der Waals surface area contributed by atoms with E-state index in [1.54, 1.807) is 0 Å². The van der Waals surface area contributed by atoms with Crippen molar-refractivity contribution in [3.63, 3.8) is 0 Å². The first-order valence-corrected chi connectivity index (χ1v) is 5.48. The van der Waals surface area contributed by atoms with E-state index in [4.69, 9.17) is 4.55 Å². The van der Waals surface area contributed by atoms with Crippen LogP contribution < -0.4 is 0 Å². The van der Waals surface area contributed by atoms with Crippen molar-refractivity contribution >= 4 is 16.1 Å². The molecule has 1 N–H and O–H groups in total.